The molecule has 0 bridgehead atoms. The fourth-order valence-corrected chi connectivity index (χ4v) is 1.38. The molecule has 0 fully saturated rings. The minimum Gasteiger partial charge on any atom is -0.382 e. The summed E-state index contributed by atoms with van der Waals surface area (Å²) in [5, 5.41) is 3.35. The zero-order valence-electron chi connectivity index (χ0n) is 11.0. The van der Waals surface area contributed by atoms with E-state index in [4.69, 9.17) is 14.2 Å². The fraction of sp³-hybridized carbons (Fsp3) is 1.00. The Hall–Kier alpha value is -0.160. The van der Waals surface area contributed by atoms with E-state index in [0.29, 0.717) is 13.2 Å². The minimum atomic E-state index is -0.0607. The van der Waals surface area contributed by atoms with Crippen LogP contribution in [0.25, 0.3) is 0 Å². The van der Waals surface area contributed by atoms with E-state index < -0.39 is 0 Å². The van der Waals surface area contributed by atoms with Crippen molar-refractivity contribution in [2.24, 2.45) is 0 Å². The molecule has 0 heterocycles. The Morgan fingerprint density at radius 2 is 1.62 bits per heavy atom. The molecule has 0 saturated carbocycles. The predicted octanol–water partition coefficient (Wildman–Crippen LogP) is 1.79. The highest BCUT2D eigenvalue weighted by molar-refractivity contribution is 4.51. The van der Waals surface area contributed by atoms with E-state index in [-0.39, 0.29) is 6.29 Å². The third kappa shape index (κ3) is 10.4. The van der Waals surface area contributed by atoms with Crippen molar-refractivity contribution in [1.29, 1.82) is 0 Å². The monoisotopic (exact) mass is 233 g/mol. The molecule has 4 nitrogen and oxygen atoms in total. The topological polar surface area (TPSA) is 39.7 Å². The second-order valence-electron chi connectivity index (χ2n) is 3.43. The third-order valence-corrected chi connectivity index (χ3v) is 2.11. The lowest BCUT2D eigenvalue weighted by Crippen LogP contribution is -2.25. The molecule has 98 valence electrons. The van der Waals surface area contributed by atoms with Gasteiger partial charge in [-0.15, -0.1) is 0 Å². The van der Waals surface area contributed by atoms with Gasteiger partial charge in [0.1, 0.15) is 0 Å². The summed E-state index contributed by atoms with van der Waals surface area (Å²) >= 11 is 0. The van der Waals surface area contributed by atoms with Crippen molar-refractivity contribution in [2.45, 2.75) is 39.9 Å². The summed E-state index contributed by atoms with van der Waals surface area (Å²) in [5.74, 6) is 0. The van der Waals surface area contributed by atoms with E-state index >= 15 is 0 Å². The molecule has 0 aromatic heterocycles. The molecule has 0 atom stereocenters. The van der Waals surface area contributed by atoms with Crippen LogP contribution in [0.4, 0.5) is 0 Å². The molecule has 0 aromatic carbocycles. The summed E-state index contributed by atoms with van der Waals surface area (Å²) in [6.07, 6.45) is 1.90. The Labute approximate surface area is 99.6 Å². The van der Waals surface area contributed by atoms with Crippen LogP contribution >= 0.6 is 0 Å². The molecular weight excluding hydrogens is 206 g/mol. The molecule has 0 aromatic rings. The number of rotatable bonds is 12. The van der Waals surface area contributed by atoms with Crippen molar-refractivity contribution < 1.29 is 14.2 Å². The fourth-order valence-electron chi connectivity index (χ4n) is 1.38. The van der Waals surface area contributed by atoms with E-state index in [9.17, 15) is 0 Å². The van der Waals surface area contributed by atoms with Crippen molar-refractivity contribution in [1.82, 2.24) is 5.32 Å². The second-order valence-corrected chi connectivity index (χ2v) is 3.43. The van der Waals surface area contributed by atoms with Crippen LogP contribution in [0, 0.1) is 0 Å². The van der Waals surface area contributed by atoms with Gasteiger partial charge in [0.05, 0.1) is 0 Å². The standard InChI is InChI=1S/C12H27NO3/c1-4-14-11-7-9-13-10-8-12(15-5-2)16-6-3/h12-13H,4-11H2,1-3H3. The summed E-state index contributed by atoms with van der Waals surface area (Å²) in [6, 6.07) is 0. The first-order chi connectivity index (χ1) is 7.85. The molecule has 0 aliphatic rings. The van der Waals surface area contributed by atoms with E-state index in [2.05, 4.69) is 5.32 Å². The Morgan fingerprint density at radius 3 is 2.19 bits per heavy atom. The number of hydrogen-bond donors (Lipinski definition) is 1. The van der Waals surface area contributed by atoms with Gasteiger partial charge in [-0.3, -0.25) is 0 Å². The number of hydrogen-bond acceptors (Lipinski definition) is 4. The van der Waals surface area contributed by atoms with Crippen LogP contribution in [0.2, 0.25) is 0 Å². The van der Waals surface area contributed by atoms with E-state index in [1.54, 1.807) is 0 Å². The first kappa shape index (κ1) is 15.8. The molecule has 0 saturated heterocycles. The smallest absolute Gasteiger partial charge is 0.158 e. The quantitative estimate of drug-likeness (QED) is 0.412. The highest BCUT2D eigenvalue weighted by Gasteiger charge is 2.06. The molecule has 0 amide bonds. The lowest BCUT2D eigenvalue weighted by Gasteiger charge is -2.16. The van der Waals surface area contributed by atoms with Crippen LogP contribution in [0.5, 0.6) is 0 Å². The van der Waals surface area contributed by atoms with Gasteiger partial charge >= 0.3 is 0 Å². The third-order valence-electron chi connectivity index (χ3n) is 2.11. The molecule has 0 unspecified atom stereocenters. The molecule has 16 heavy (non-hydrogen) atoms. The Morgan fingerprint density at radius 1 is 0.938 bits per heavy atom. The highest BCUT2D eigenvalue weighted by atomic mass is 16.7. The van der Waals surface area contributed by atoms with Crippen molar-refractivity contribution in [3.8, 4) is 0 Å². The number of ether oxygens (including phenoxy) is 3. The maximum absolute atomic E-state index is 5.44. The normalized spacial score (nSPS) is 11.2. The molecule has 4 heteroatoms. The average Bonchev–Trinajstić information content (AvgIpc) is 2.28. The van der Waals surface area contributed by atoms with Crippen LogP contribution in [-0.2, 0) is 14.2 Å². The summed E-state index contributed by atoms with van der Waals surface area (Å²) in [7, 11) is 0. The van der Waals surface area contributed by atoms with Crippen molar-refractivity contribution in [3.63, 3.8) is 0 Å². The predicted molar refractivity (Wildman–Crippen MR) is 65.6 cm³/mol. The van der Waals surface area contributed by atoms with Gasteiger partial charge in [0.25, 0.3) is 0 Å². The van der Waals surface area contributed by atoms with E-state index in [0.717, 1.165) is 39.1 Å². The van der Waals surface area contributed by atoms with Gasteiger partial charge in [-0.25, -0.2) is 0 Å². The zero-order valence-corrected chi connectivity index (χ0v) is 11.0. The van der Waals surface area contributed by atoms with Gasteiger partial charge < -0.3 is 19.5 Å². The van der Waals surface area contributed by atoms with Crippen molar-refractivity contribution in [2.75, 3.05) is 39.5 Å². The van der Waals surface area contributed by atoms with Gasteiger partial charge in [0.2, 0.25) is 0 Å². The van der Waals surface area contributed by atoms with E-state index in [1.807, 2.05) is 20.8 Å². The summed E-state index contributed by atoms with van der Waals surface area (Å²) in [5.41, 5.74) is 0. The maximum Gasteiger partial charge on any atom is 0.158 e. The second kappa shape index (κ2) is 12.9. The minimum absolute atomic E-state index is 0.0607. The first-order valence-corrected chi connectivity index (χ1v) is 6.36. The van der Waals surface area contributed by atoms with Crippen LogP contribution in [0.1, 0.15) is 33.6 Å². The van der Waals surface area contributed by atoms with Crippen LogP contribution in [-0.4, -0.2) is 45.8 Å². The summed E-state index contributed by atoms with van der Waals surface area (Å²) in [6.45, 7) is 11.0. The molecule has 1 N–H and O–H groups in total. The van der Waals surface area contributed by atoms with Crippen molar-refractivity contribution in [3.05, 3.63) is 0 Å². The molecule has 0 aliphatic heterocycles. The summed E-state index contributed by atoms with van der Waals surface area (Å²) in [4.78, 5) is 0. The molecule has 0 aliphatic carbocycles. The van der Waals surface area contributed by atoms with Gasteiger partial charge in [0, 0.05) is 32.8 Å². The largest absolute Gasteiger partial charge is 0.382 e. The molecule has 0 radical (unpaired) electrons. The first-order valence-electron chi connectivity index (χ1n) is 6.36. The van der Waals surface area contributed by atoms with E-state index in [1.165, 1.54) is 0 Å². The zero-order chi connectivity index (χ0) is 12.1. The average molecular weight is 233 g/mol. The lowest BCUT2D eigenvalue weighted by atomic mass is 10.4. The Kier molecular flexibility index (Phi) is 12.8. The Bertz CT molecular complexity index is 127. The van der Waals surface area contributed by atoms with Crippen LogP contribution in [0.15, 0.2) is 0 Å². The van der Waals surface area contributed by atoms with Crippen LogP contribution in [0.3, 0.4) is 0 Å². The molecule has 0 spiro atoms. The van der Waals surface area contributed by atoms with Gasteiger partial charge in [0.15, 0.2) is 6.29 Å². The Balaban J connectivity index is 3.25. The molecule has 0 rings (SSSR count). The van der Waals surface area contributed by atoms with Gasteiger partial charge in [-0.2, -0.15) is 0 Å². The lowest BCUT2D eigenvalue weighted by molar-refractivity contribution is -0.138. The maximum atomic E-state index is 5.44. The summed E-state index contributed by atoms with van der Waals surface area (Å²) < 4.78 is 16.1. The molecular formula is C12H27NO3. The number of nitrogens with one attached hydrogen (secondary N) is 1. The van der Waals surface area contributed by atoms with Crippen LogP contribution < -0.4 is 5.32 Å². The highest BCUT2D eigenvalue weighted by Crippen LogP contribution is 1.99. The SMILES string of the molecule is CCOCCCNCCC(OCC)OCC. The van der Waals surface area contributed by atoms with Gasteiger partial charge in [-0.05, 0) is 40.3 Å². The van der Waals surface area contributed by atoms with Gasteiger partial charge in [-0.1, -0.05) is 0 Å². The van der Waals surface area contributed by atoms with Crippen molar-refractivity contribution >= 4 is 0 Å².